The molecule has 4 heterocycles. The number of hydrogen-bond donors (Lipinski definition) is 2. The highest BCUT2D eigenvalue weighted by Gasteiger charge is 2.37. The Morgan fingerprint density at radius 3 is 2.81 bits per heavy atom. The third kappa shape index (κ3) is 4.08. The summed E-state index contributed by atoms with van der Waals surface area (Å²) < 4.78 is 10.9. The Labute approximate surface area is 179 Å². The van der Waals surface area contributed by atoms with Gasteiger partial charge in [0.1, 0.15) is 5.69 Å². The van der Waals surface area contributed by atoms with E-state index in [1.807, 2.05) is 41.3 Å². The molecule has 2 N–H and O–H groups in total. The standard InChI is InChI=1S/C23H22N4O4/c28-18-10-20(27(12-18)13-19-22-21(7-9-25-19)30-14-31-22)23(29)26-17-5-3-15(4-6-17)16-2-1-8-24-11-16/h1-9,11,18,20,28H,10,12-14H2,(H,26,29)/t18-,20+/m0/s1. The van der Waals surface area contributed by atoms with Crippen molar-refractivity contribution in [2.24, 2.45) is 0 Å². The van der Waals surface area contributed by atoms with Crippen molar-refractivity contribution >= 4 is 11.6 Å². The van der Waals surface area contributed by atoms with Crippen molar-refractivity contribution in [2.45, 2.75) is 25.1 Å². The molecule has 31 heavy (non-hydrogen) atoms. The zero-order valence-electron chi connectivity index (χ0n) is 16.8. The fraction of sp³-hybridized carbons (Fsp3) is 0.261. The molecule has 0 saturated carbocycles. The lowest BCUT2D eigenvalue weighted by Gasteiger charge is -2.23. The summed E-state index contributed by atoms with van der Waals surface area (Å²) in [6, 6.07) is 12.8. The van der Waals surface area contributed by atoms with Crippen LogP contribution in [0.2, 0.25) is 0 Å². The first-order chi connectivity index (χ1) is 15.2. The molecule has 0 aliphatic carbocycles. The van der Waals surface area contributed by atoms with E-state index in [-0.39, 0.29) is 12.7 Å². The lowest BCUT2D eigenvalue weighted by molar-refractivity contribution is -0.120. The van der Waals surface area contributed by atoms with Gasteiger partial charge in [-0.3, -0.25) is 19.7 Å². The molecule has 3 aromatic rings. The van der Waals surface area contributed by atoms with Crippen LogP contribution in [0, 0.1) is 0 Å². The van der Waals surface area contributed by atoms with Crippen molar-refractivity contribution < 1.29 is 19.4 Å². The molecule has 5 rings (SSSR count). The molecule has 0 radical (unpaired) electrons. The predicted molar refractivity (Wildman–Crippen MR) is 113 cm³/mol. The molecule has 1 amide bonds. The highest BCUT2D eigenvalue weighted by atomic mass is 16.7. The molecule has 0 bridgehead atoms. The van der Waals surface area contributed by atoms with E-state index in [0.29, 0.717) is 42.4 Å². The first-order valence-electron chi connectivity index (χ1n) is 10.1. The zero-order valence-corrected chi connectivity index (χ0v) is 16.8. The monoisotopic (exact) mass is 418 g/mol. The topological polar surface area (TPSA) is 96.8 Å². The summed E-state index contributed by atoms with van der Waals surface area (Å²) in [5, 5.41) is 13.2. The Kier molecular flexibility index (Phi) is 5.23. The molecule has 1 fully saturated rings. The van der Waals surface area contributed by atoms with Gasteiger partial charge in [-0.1, -0.05) is 18.2 Å². The molecule has 8 heteroatoms. The Balaban J connectivity index is 1.28. The van der Waals surface area contributed by atoms with Crippen molar-refractivity contribution in [3.8, 4) is 22.6 Å². The number of nitrogens with zero attached hydrogens (tertiary/aromatic N) is 3. The number of pyridine rings is 2. The number of fused-ring (bicyclic) bond motifs is 1. The number of anilines is 1. The Morgan fingerprint density at radius 1 is 1.13 bits per heavy atom. The summed E-state index contributed by atoms with van der Waals surface area (Å²) in [6.07, 6.45) is 4.99. The maximum Gasteiger partial charge on any atom is 0.241 e. The van der Waals surface area contributed by atoms with E-state index in [1.165, 1.54) is 0 Å². The lowest BCUT2D eigenvalue weighted by Crippen LogP contribution is -2.39. The second-order valence-corrected chi connectivity index (χ2v) is 7.63. The number of likely N-dealkylation sites (tertiary alicyclic amines) is 1. The van der Waals surface area contributed by atoms with E-state index >= 15 is 0 Å². The zero-order chi connectivity index (χ0) is 21.2. The predicted octanol–water partition coefficient (Wildman–Crippen LogP) is 2.45. The largest absolute Gasteiger partial charge is 0.453 e. The maximum absolute atomic E-state index is 13.0. The highest BCUT2D eigenvalue weighted by Crippen LogP contribution is 2.35. The number of rotatable bonds is 5. The first-order valence-corrected chi connectivity index (χ1v) is 10.1. The smallest absolute Gasteiger partial charge is 0.241 e. The van der Waals surface area contributed by atoms with Crippen molar-refractivity contribution in [3.63, 3.8) is 0 Å². The van der Waals surface area contributed by atoms with E-state index in [0.717, 1.165) is 11.1 Å². The summed E-state index contributed by atoms with van der Waals surface area (Å²) in [5.74, 6) is 1.10. The fourth-order valence-electron chi connectivity index (χ4n) is 4.03. The molecule has 1 saturated heterocycles. The van der Waals surface area contributed by atoms with Gasteiger partial charge in [-0.05, 0) is 35.7 Å². The summed E-state index contributed by atoms with van der Waals surface area (Å²) >= 11 is 0. The number of aliphatic hydroxyl groups is 1. The number of hydrogen-bond acceptors (Lipinski definition) is 7. The van der Waals surface area contributed by atoms with Crippen molar-refractivity contribution in [1.29, 1.82) is 0 Å². The molecule has 0 unspecified atom stereocenters. The van der Waals surface area contributed by atoms with Crippen LogP contribution in [0.25, 0.3) is 11.1 Å². The van der Waals surface area contributed by atoms with Crippen LogP contribution in [0.15, 0.2) is 61.1 Å². The third-order valence-corrected chi connectivity index (χ3v) is 5.54. The van der Waals surface area contributed by atoms with E-state index in [4.69, 9.17) is 9.47 Å². The number of carbonyl (C=O) groups is 1. The van der Waals surface area contributed by atoms with Gasteiger partial charge in [0, 0.05) is 43.4 Å². The molecular weight excluding hydrogens is 396 g/mol. The van der Waals surface area contributed by atoms with Gasteiger partial charge in [-0.25, -0.2) is 0 Å². The number of carbonyl (C=O) groups excluding carboxylic acids is 1. The molecule has 158 valence electrons. The maximum atomic E-state index is 13.0. The quantitative estimate of drug-likeness (QED) is 0.657. The molecule has 2 atom stereocenters. The van der Waals surface area contributed by atoms with E-state index in [2.05, 4.69) is 15.3 Å². The molecule has 2 aliphatic heterocycles. The van der Waals surface area contributed by atoms with E-state index < -0.39 is 12.1 Å². The van der Waals surface area contributed by atoms with Crippen molar-refractivity contribution in [3.05, 3.63) is 66.7 Å². The van der Waals surface area contributed by atoms with Gasteiger partial charge in [-0.2, -0.15) is 0 Å². The van der Waals surface area contributed by atoms with Crippen LogP contribution < -0.4 is 14.8 Å². The average molecular weight is 418 g/mol. The van der Waals surface area contributed by atoms with Crippen LogP contribution in [0.3, 0.4) is 0 Å². The Bertz CT molecular complexity index is 1070. The van der Waals surface area contributed by atoms with Crippen LogP contribution in [-0.4, -0.2) is 51.4 Å². The second-order valence-electron chi connectivity index (χ2n) is 7.63. The van der Waals surface area contributed by atoms with Gasteiger partial charge >= 0.3 is 0 Å². The van der Waals surface area contributed by atoms with Crippen LogP contribution in [-0.2, 0) is 11.3 Å². The van der Waals surface area contributed by atoms with Gasteiger partial charge in [0.05, 0.1) is 12.1 Å². The fourth-order valence-corrected chi connectivity index (χ4v) is 4.03. The molecular formula is C23H22N4O4. The number of aliphatic hydroxyl groups excluding tert-OH is 1. The first kappa shape index (κ1) is 19.5. The minimum Gasteiger partial charge on any atom is -0.453 e. The molecule has 1 aromatic carbocycles. The number of aromatic nitrogens is 2. The van der Waals surface area contributed by atoms with Gasteiger partial charge in [0.15, 0.2) is 11.5 Å². The normalized spacial score (nSPS) is 20.0. The lowest BCUT2D eigenvalue weighted by atomic mass is 10.1. The number of β-amino-alcohol motifs (C(OH)–C–C–N with tert-alkyl or cyclic N) is 1. The summed E-state index contributed by atoms with van der Waals surface area (Å²) in [7, 11) is 0. The Morgan fingerprint density at radius 2 is 2.00 bits per heavy atom. The number of amides is 1. The van der Waals surface area contributed by atoms with Crippen molar-refractivity contribution in [2.75, 3.05) is 18.7 Å². The SMILES string of the molecule is O=C(Nc1ccc(-c2cccnc2)cc1)[C@H]1C[C@H](O)CN1Cc1nccc2c1OCO2. The number of nitrogens with one attached hydrogen (secondary N) is 1. The van der Waals surface area contributed by atoms with E-state index in [9.17, 15) is 9.90 Å². The van der Waals surface area contributed by atoms with Crippen LogP contribution in [0.1, 0.15) is 12.1 Å². The minimum absolute atomic E-state index is 0.157. The summed E-state index contributed by atoms with van der Waals surface area (Å²) in [4.78, 5) is 23.4. The molecule has 0 spiro atoms. The number of benzene rings is 1. The average Bonchev–Trinajstić information content (AvgIpc) is 3.42. The minimum atomic E-state index is -0.572. The molecule has 8 nitrogen and oxygen atoms in total. The van der Waals surface area contributed by atoms with Gasteiger partial charge < -0.3 is 19.9 Å². The van der Waals surface area contributed by atoms with Crippen LogP contribution in [0.5, 0.6) is 11.5 Å². The van der Waals surface area contributed by atoms with Gasteiger partial charge in [0.2, 0.25) is 12.7 Å². The highest BCUT2D eigenvalue weighted by molar-refractivity contribution is 5.95. The van der Waals surface area contributed by atoms with Crippen molar-refractivity contribution in [1.82, 2.24) is 14.9 Å². The number of ether oxygens (including phenoxy) is 2. The van der Waals surface area contributed by atoms with Gasteiger partial charge in [0.25, 0.3) is 0 Å². The van der Waals surface area contributed by atoms with Crippen LogP contribution in [0.4, 0.5) is 5.69 Å². The van der Waals surface area contributed by atoms with Gasteiger partial charge in [-0.15, -0.1) is 0 Å². The second kappa shape index (κ2) is 8.33. The van der Waals surface area contributed by atoms with E-state index in [1.54, 1.807) is 24.7 Å². The summed E-state index contributed by atoms with van der Waals surface area (Å²) in [5.41, 5.74) is 3.44. The van der Waals surface area contributed by atoms with Crippen LogP contribution >= 0.6 is 0 Å². The Hall–Kier alpha value is -3.49. The molecule has 2 aliphatic rings. The summed E-state index contributed by atoms with van der Waals surface area (Å²) in [6.45, 7) is 0.946. The third-order valence-electron chi connectivity index (χ3n) is 5.54. The molecule has 2 aromatic heterocycles.